The van der Waals surface area contributed by atoms with Gasteiger partial charge in [0.15, 0.2) is 0 Å². The first kappa shape index (κ1) is 5.76. The van der Waals surface area contributed by atoms with Crippen LogP contribution >= 0.6 is 0 Å². The Morgan fingerprint density at radius 1 is 1.50 bits per heavy atom. The third kappa shape index (κ3) is 1.07. The van der Waals surface area contributed by atoms with Gasteiger partial charge in [0.25, 0.3) is 0 Å². The molecule has 0 unspecified atom stereocenters. The van der Waals surface area contributed by atoms with Gasteiger partial charge in [0.1, 0.15) is 5.78 Å². The zero-order valence-electron chi connectivity index (χ0n) is 4.89. The minimum absolute atomic E-state index is 0.135. The molecule has 46 valence electrons. The highest BCUT2D eigenvalue weighted by Crippen LogP contribution is 2.11. The average molecular weight is 113 g/mol. The van der Waals surface area contributed by atoms with Crippen LogP contribution in [0.5, 0.6) is 0 Å². The van der Waals surface area contributed by atoms with Gasteiger partial charge in [-0.2, -0.15) is 0 Å². The van der Waals surface area contributed by atoms with Gasteiger partial charge in [0.2, 0.25) is 0 Å². The van der Waals surface area contributed by atoms with E-state index in [4.69, 9.17) is 5.73 Å². The van der Waals surface area contributed by atoms with Crippen LogP contribution in [0.3, 0.4) is 0 Å². The van der Waals surface area contributed by atoms with E-state index in [1.807, 2.05) is 0 Å². The van der Waals surface area contributed by atoms with Crippen LogP contribution in [0.4, 0.5) is 0 Å². The van der Waals surface area contributed by atoms with E-state index in [0.717, 1.165) is 19.3 Å². The van der Waals surface area contributed by atoms with Crippen LogP contribution in [0.1, 0.15) is 25.7 Å². The lowest BCUT2D eigenvalue weighted by atomic mass is 9.95. The molecule has 2 N–H and O–H groups in total. The maximum absolute atomic E-state index is 10.7. The van der Waals surface area contributed by atoms with Crippen LogP contribution in [0.15, 0.2) is 0 Å². The SMILES string of the molecule is N[C@@H]1CCCCC1=O. The number of rotatable bonds is 0. The molecule has 0 heterocycles. The lowest BCUT2D eigenvalue weighted by molar-refractivity contribution is -0.121. The van der Waals surface area contributed by atoms with Gasteiger partial charge in [-0.05, 0) is 12.8 Å². The van der Waals surface area contributed by atoms with Gasteiger partial charge in [-0.25, -0.2) is 0 Å². The van der Waals surface area contributed by atoms with E-state index < -0.39 is 0 Å². The van der Waals surface area contributed by atoms with Crippen LogP contribution < -0.4 is 5.73 Å². The second-order valence-electron chi connectivity index (χ2n) is 2.32. The summed E-state index contributed by atoms with van der Waals surface area (Å²) < 4.78 is 0. The second kappa shape index (κ2) is 2.27. The molecule has 2 nitrogen and oxygen atoms in total. The summed E-state index contributed by atoms with van der Waals surface area (Å²) in [5.41, 5.74) is 5.43. The molecule has 8 heavy (non-hydrogen) atoms. The number of hydrogen-bond donors (Lipinski definition) is 1. The molecule has 0 aromatic rings. The van der Waals surface area contributed by atoms with Crippen molar-refractivity contribution >= 4 is 5.78 Å². The Balaban J connectivity index is 2.39. The Labute approximate surface area is 49.1 Å². The monoisotopic (exact) mass is 113 g/mol. The number of Topliss-reactive ketones (excluding diaryl/α,β-unsaturated/α-hetero) is 1. The molecule has 1 atom stereocenters. The first-order valence-electron chi connectivity index (χ1n) is 3.09. The largest absolute Gasteiger partial charge is 0.322 e. The number of carbonyl (C=O) groups is 1. The molecule has 1 saturated carbocycles. The van der Waals surface area contributed by atoms with Crippen LogP contribution in [-0.4, -0.2) is 11.8 Å². The summed E-state index contributed by atoms with van der Waals surface area (Å²) in [5.74, 6) is 0.247. The smallest absolute Gasteiger partial charge is 0.149 e. The summed E-state index contributed by atoms with van der Waals surface area (Å²) in [6.45, 7) is 0. The van der Waals surface area contributed by atoms with Crippen molar-refractivity contribution in [1.82, 2.24) is 0 Å². The Morgan fingerprint density at radius 3 is 2.62 bits per heavy atom. The molecule has 0 saturated heterocycles. The summed E-state index contributed by atoms with van der Waals surface area (Å²) in [5, 5.41) is 0. The van der Waals surface area contributed by atoms with Crippen molar-refractivity contribution in [3.05, 3.63) is 0 Å². The fourth-order valence-corrected chi connectivity index (χ4v) is 1.01. The lowest BCUT2D eigenvalue weighted by Gasteiger charge is -2.14. The van der Waals surface area contributed by atoms with E-state index in [1.165, 1.54) is 0 Å². The van der Waals surface area contributed by atoms with E-state index in [2.05, 4.69) is 0 Å². The van der Waals surface area contributed by atoms with Crippen molar-refractivity contribution < 1.29 is 4.79 Å². The summed E-state index contributed by atoms with van der Waals surface area (Å²) in [4.78, 5) is 10.7. The van der Waals surface area contributed by atoms with Crippen LogP contribution in [0, 0.1) is 0 Å². The van der Waals surface area contributed by atoms with E-state index in [-0.39, 0.29) is 11.8 Å². The van der Waals surface area contributed by atoms with Gasteiger partial charge in [0.05, 0.1) is 6.04 Å². The van der Waals surface area contributed by atoms with Gasteiger partial charge in [0, 0.05) is 6.42 Å². The highest BCUT2D eigenvalue weighted by atomic mass is 16.1. The molecule has 0 aromatic carbocycles. The summed E-state index contributed by atoms with van der Waals surface area (Å²) in [6.07, 6.45) is 3.79. The highest BCUT2D eigenvalue weighted by molar-refractivity contribution is 5.84. The molecule has 1 fully saturated rings. The summed E-state index contributed by atoms with van der Waals surface area (Å²) in [7, 11) is 0. The number of carbonyl (C=O) groups excluding carboxylic acids is 1. The maximum Gasteiger partial charge on any atom is 0.149 e. The Hall–Kier alpha value is -0.370. The van der Waals surface area contributed by atoms with Crippen LogP contribution in [-0.2, 0) is 4.79 Å². The quantitative estimate of drug-likeness (QED) is 0.496. The summed E-state index contributed by atoms with van der Waals surface area (Å²) >= 11 is 0. The first-order chi connectivity index (χ1) is 3.80. The predicted octanol–water partition coefficient (Wildman–Crippen LogP) is 0.457. The van der Waals surface area contributed by atoms with Gasteiger partial charge >= 0.3 is 0 Å². The Kier molecular flexibility index (Phi) is 1.63. The van der Waals surface area contributed by atoms with Crippen LogP contribution in [0.25, 0.3) is 0 Å². The summed E-state index contributed by atoms with van der Waals surface area (Å²) in [6, 6.07) is -0.135. The van der Waals surface area contributed by atoms with Gasteiger partial charge < -0.3 is 5.73 Å². The van der Waals surface area contributed by atoms with Crippen molar-refractivity contribution in [1.29, 1.82) is 0 Å². The average Bonchev–Trinajstić information content (AvgIpc) is 1.77. The Bertz CT molecular complexity index is 101. The zero-order chi connectivity index (χ0) is 5.98. The molecular weight excluding hydrogens is 102 g/mol. The first-order valence-corrected chi connectivity index (χ1v) is 3.09. The standard InChI is InChI=1S/C6H11NO/c7-5-3-1-2-4-6(5)8/h5H,1-4,7H2/t5-/m1/s1. The molecule has 0 bridgehead atoms. The normalized spacial score (nSPS) is 30.6. The molecule has 0 radical (unpaired) electrons. The van der Waals surface area contributed by atoms with Crippen molar-refractivity contribution in [2.45, 2.75) is 31.7 Å². The molecule has 2 heteroatoms. The fraction of sp³-hybridized carbons (Fsp3) is 0.833. The topological polar surface area (TPSA) is 43.1 Å². The van der Waals surface area contributed by atoms with E-state index in [9.17, 15) is 4.79 Å². The number of nitrogens with two attached hydrogens (primary N) is 1. The van der Waals surface area contributed by atoms with Gasteiger partial charge in [-0.15, -0.1) is 0 Å². The van der Waals surface area contributed by atoms with Gasteiger partial charge in [-0.1, -0.05) is 6.42 Å². The minimum atomic E-state index is -0.135. The maximum atomic E-state index is 10.7. The third-order valence-corrected chi connectivity index (χ3v) is 1.60. The molecule has 0 aromatic heterocycles. The van der Waals surface area contributed by atoms with Crippen LogP contribution in [0.2, 0.25) is 0 Å². The van der Waals surface area contributed by atoms with Crippen molar-refractivity contribution in [2.24, 2.45) is 5.73 Å². The molecule has 1 aliphatic rings. The van der Waals surface area contributed by atoms with E-state index in [1.54, 1.807) is 0 Å². The second-order valence-corrected chi connectivity index (χ2v) is 2.32. The molecule has 1 aliphatic carbocycles. The Morgan fingerprint density at radius 2 is 2.25 bits per heavy atom. The molecule has 0 amide bonds. The van der Waals surface area contributed by atoms with Crippen molar-refractivity contribution in [3.63, 3.8) is 0 Å². The predicted molar refractivity (Wildman–Crippen MR) is 31.5 cm³/mol. The minimum Gasteiger partial charge on any atom is -0.322 e. The number of ketones is 1. The molecule has 1 rings (SSSR count). The number of hydrogen-bond acceptors (Lipinski definition) is 2. The molecular formula is C6H11NO. The molecule has 0 aliphatic heterocycles. The van der Waals surface area contributed by atoms with E-state index in [0.29, 0.717) is 6.42 Å². The molecule has 0 spiro atoms. The van der Waals surface area contributed by atoms with E-state index >= 15 is 0 Å². The van der Waals surface area contributed by atoms with Gasteiger partial charge in [-0.3, -0.25) is 4.79 Å². The highest BCUT2D eigenvalue weighted by Gasteiger charge is 2.16. The lowest BCUT2D eigenvalue weighted by Crippen LogP contribution is -2.32. The van der Waals surface area contributed by atoms with Crippen molar-refractivity contribution in [3.8, 4) is 0 Å². The zero-order valence-corrected chi connectivity index (χ0v) is 4.89. The van der Waals surface area contributed by atoms with Crippen molar-refractivity contribution in [2.75, 3.05) is 0 Å². The fourth-order valence-electron chi connectivity index (χ4n) is 1.01. The third-order valence-electron chi connectivity index (χ3n) is 1.60.